The minimum Gasteiger partial charge on any atom is -0.106 e. The van der Waals surface area contributed by atoms with Gasteiger partial charge in [-0.2, -0.15) is 0 Å². The van der Waals surface area contributed by atoms with E-state index in [1.54, 1.807) is 0 Å². The molecular weight excluding hydrogens is 455 g/mol. The first kappa shape index (κ1) is 33.9. The molecule has 0 spiro atoms. The highest BCUT2D eigenvalue weighted by Gasteiger charge is 2.42. The predicted molar refractivity (Wildman–Crippen MR) is 172 cm³/mol. The SMILES string of the molecule is CCCCC/C=C(/B(/C(=C/CCCCC)[Si](C)(C)C)/C(=C/CCCCC)[Si](C)(C)C)[Si](C)(C)C. The average Bonchev–Trinajstić information content (AvgIpc) is 2.69. The van der Waals surface area contributed by atoms with Gasteiger partial charge in [-0.1, -0.05) is 136 Å². The van der Waals surface area contributed by atoms with E-state index in [9.17, 15) is 0 Å². The van der Waals surface area contributed by atoms with Crippen LogP contribution >= 0.6 is 0 Å². The van der Waals surface area contributed by atoms with Crippen molar-refractivity contribution < 1.29 is 0 Å². The first-order chi connectivity index (χ1) is 15.7. The molecule has 0 aromatic heterocycles. The fourth-order valence-corrected chi connectivity index (χ4v) is 11.3. The fraction of sp³-hybridized carbons (Fsp3) is 0.800. The predicted octanol–water partition coefficient (Wildman–Crippen LogP) is 11.3. The number of hydrogen-bond acceptors (Lipinski definition) is 0. The topological polar surface area (TPSA) is 0 Å². The van der Waals surface area contributed by atoms with Gasteiger partial charge < -0.3 is 0 Å². The number of unbranched alkanes of at least 4 members (excludes halogenated alkanes) is 9. The molecule has 0 aliphatic heterocycles. The van der Waals surface area contributed by atoms with Crippen LogP contribution in [0.1, 0.15) is 97.8 Å². The summed E-state index contributed by atoms with van der Waals surface area (Å²) in [4.78, 5) is 0. The van der Waals surface area contributed by atoms with Gasteiger partial charge in [-0.05, 0) is 38.5 Å². The molecule has 0 amide bonds. The Morgan fingerprint density at radius 3 is 0.853 bits per heavy atom. The molecule has 0 aliphatic carbocycles. The van der Waals surface area contributed by atoms with E-state index in [0.717, 1.165) is 0 Å². The lowest BCUT2D eigenvalue weighted by atomic mass is 9.47. The second kappa shape index (κ2) is 16.6. The summed E-state index contributed by atoms with van der Waals surface area (Å²) in [7, 11) is -4.43. The lowest BCUT2D eigenvalue weighted by Crippen LogP contribution is -2.49. The number of hydrogen-bond donors (Lipinski definition) is 0. The third kappa shape index (κ3) is 13.3. The summed E-state index contributed by atoms with van der Waals surface area (Å²) < 4.78 is 0. The summed E-state index contributed by atoms with van der Waals surface area (Å²) in [5, 5.41) is 5.57. The zero-order valence-electron chi connectivity index (χ0n) is 25.8. The van der Waals surface area contributed by atoms with E-state index in [1.807, 2.05) is 15.3 Å². The van der Waals surface area contributed by atoms with Crippen LogP contribution in [0, 0.1) is 0 Å². The summed E-state index contributed by atoms with van der Waals surface area (Å²) in [6.07, 6.45) is 24.2. The van der Waals surface area contributed by atoms with Crippen LogP contribution in [0.25, 0.3) is 0 Å². The van der Waals surface area contributed by atoms with Gasteiger partial charge in [0.1, 0.15) is 0 Å². The van der Waals surface area contributed by atoms with Crippen LogP contribution in [0.4, 0.5) is 0 Å². The number of rotatable bonds is 18. The monoisotopic (exact) mass is 518 g/mol. The Morgan fingerprint density at radius 2 is 0.676 bits per heavy atom. The van der Waals surface area contributed by atoms with Crippen LogP contribution in [-0.4, -0.2) is 30.9 Å². The molecule has 0 saturated heterocycles. The Morgan fingerprint density at radius 1 is 0.441 bits per heavy atom. The Kier molecular flexibility index (Phi) is 16.6. The van der Waals surface area contributed by atoms with Crippen molar-refractivity contribution in [3.63, 3.8) is 0 Å². The summed E-state index contributed by atoms with van der Waals surface area (Å²) in [5.41, 5.74) is 0. The van der Waals surface area contributed by atoms with Crippen molar-refractivity contribution in [2.45, 2.75) is 157 Å². The van der Waals surface area contributed by atoms with E-state index in [1.165, 1.54) is 77.0 Å². The van der Waals surface area contributed by atoms with Crippen molar-refractivity contribution in [3.05, 3.63) is 33.5 Å². The molecular formula is C30H63BSi3. The quantitative estimate of drug-likeness (QED) is 0.125. The van der Waals surface area contributed by atoms with Gasteiger partial charge in [-0.15, -0.1) is 15.3 Å². The molecule has 0 N–H and O–H groups in total. The van der Waals surface area contributed by atoms with Crippen molar-refractivity contribution in [2.75, 3.05) is 0 Å². The molecule has 0 aromatic carbocycles. The average molecular weight is 519 g/mol. The van der Waals surface area contributed by atoms with Crippen LogP contribution < -0.4 is 0 Å². The van der Waals surface area contributed by atoms with E-state index in [2.05, 4.69) is 97.9 Å². The molecule has 0 fully saturated rings. The molecule has 0 unspecified atom stereocenters. The molecule has 0 rings (SSSR count). The highest BCUT2D eigenvalue weighted by Crippen LogP contribution is 2.36. The molecule has 34 heavy (non-hydrogen) atoms. The van der Waals surface area contributed by atoms with Gasteiger partial charge in [0.15, 0.2) is 0 Å². The second-order valence-electron chi connectivity index (χ2n) is 13.6. The second-order valence-corrected chi connectivity index (χ2v) is 28.9. The van der Waals surface area contributed by atoms with E-state index < -0.39 is 24.2 Å². The van der Waals surface area contributed by atoms with Crippen molar-refractivity contribution in [1.82, 2.24) is 0 Å². The lowest BCUT2D eigenvalue weighted by molar-refractivity contribution is 0.728. The summed E-state index contributed by atoms with van der Waals surface area (Å²) >= 11 is 0. The van der Waals surface area contributed by atoms with Gasteiger partial charge in [0, 0.05) is 0 Å². The molecule has 0 bridgehead atoms. The molecule has 0 saturated carbocycles. The Labute approximate surface area is 220 Å². The van der Waals surface area contributed by atoms with Crippen LogP contribution in [0.15, 0.2) is 33.5 Å². The van der Waals surface area contributed by atoms with E-state index in [0.29, 0.717) is 6.71 Å². The fourth-order valence-electron chi connectivity index (χ4n) is 5.03. The van der Waals surface area contributed by atoms with Crippen LogP contribution in [-0.2, 0) is 0 Å². The van der Waals surface area contributed by atoms with Gasteiger partial charge in [-0.25, -0.2) is 0 Å². The van der Waals surface area contributed by atoms with Gasteiger partial charge in [-0.3, -0.25) is 0 Å². The van der Waals surface area contributed by atoms with Crippen molar-refractivity contribution in [1.29, 1.82) is 0 Å². The largest absolute Gasteiger partial charge is 0.215 e. The standard InChI is InChI=1S/C30H63BSi3/c1-13-16-19-22-25-28(32(4,5)6)31(29(33(7,8)9)26-23-20-17-14-2)30(34(10,11)12)27-24-21-18-15-3/h25-27H,13-24H2,1-12H3/b28-25-,29-26-,30-27-. The highest BCUT2D eigenvalue weighted by molar-refractivity contribution is 7.17. The Hall–Kier alpha value is -0.0644. The maximum Gasteiger partial charge on any atom is 0.215 e. The number of allylic oxidation sites excluding steroid dienone is 3. The van der Waals surface area contributed by atoms with Crippen molar-refractivity contribution in [3.8, 4) is 0 Å². The Bertz CT molecular complexity index is 549. The molecule has 198 valence electrons. The third-order valence-electron chi connectivity index (χ3n) is 7.05. The van der Waals surface area contributed by atoms with Gasteiger partial charge >= 0.3 is 0 Å². The Balaban J connectivity index is 6.88. The molecule has 0 atom stereocenters. The summed E-state index contributed by atoms with van der Waals surface area (Å²) in [6, 6.07) is 0. The minimum atomic E-state index is -1.48. The lowest BCUT2D eigenvalue weighted by Gasteiger charge is -2.39. The normalized spacial score (nSPS) is 14.6. The van der Waals surface area contributed by atoms with Crippen LogP contribution in [0.3, 0.4) is 0 Å². The molecule has 0 aromatic rings. The smallest absolute Gasteiger partial charge is 0.106 e. The maximum absolute atomic E-state index is 2.76. The minimum absolute atomic E-state index is 0.592. The highest BCUT2D eigenvalue weighted by atomic mass is 28.3. The molecule has 0 heterocycles. The van der Waals surface area contributed by atoms with Crippen LogP contribution in [0.2, 0.25) is 58.9 Å². The third-order valence-corrected chi connectivity index (χ3v) is 13.7. The molecule has 4 heteroatoms. The van der Waals surface area contributed by atoms with Gasteiger partial charge in [0.2, 0.25) is 6.71 Å². The molecule has 0 aliphatic rings. The van der Waals surface area contributed by atoms with E-state index >= 15 is 0 Å². The first-order valence-corrected chi connectivity index (χ1v) is 25.3. The van der Waals surface area contributed by atoms with Crippen LogP contribution in [0.5, 0.6) is 0 Å². The summed E-state index contributed by atoms with van der Waals surface area (Å²) in [5.74, 6) is 0. The van der Waals surface area contributed by atoms with Crippen molar-refractivity contribution in [2.24, 2.45) is 0 Å². The summed E-state index contributed by atoms with van der Waals surface area (Å²) in [6.45, 7) is 31.1. The first-order valence-electron chi connectivity index (χ1n) is 14.8. The zero-order chi connectivity index (χ0) is 26.4. The zero-order valence-corrected chi connectivity index (χ0v) is 28.8. The van der Waals surface area contributed by atoms with Gasteiger partial charge in [0.05, 0.1) is 24.2 Å². The van der Waals surface area contributed by atoms with Gasteiger partial charge in [0.25, 0.3) is 0 Å². The van der Waals surface area contributed by atoms with E-state index in [-0.39, 0.29) is 0 Å². The van der Waals surface area contributed by atoms with E-state index in [4.69, 9.17) is 0 Å². The molecule has 0 nitrogen and oxygen atoms in total. The molecule has 0 radical (unpaired) electrons. The van der Waals surface area contributed by atoms with Crippen molar-refractivity contribution >= 4 is 30.9 Å². The maximum atomic E-state index is 2.76.